The van der Waals surface area contributed by atoms with Crippen LogP contribution in [0.15, 0.2) is 110 Å². The molecule has 0 N–H and O–H groups in total. The minimum atomic E-state index is -5.01. The average molecular weight is 728 g/mol. The minimum absolute atomic E-state index is 0.0949. The smallest absolute Gasteiger partial charge is 0.434 e. The van der Waals surface area contributed by atoms with E-state index in [1.807, 2.05) is 42.5 Å². The molecular weight excluding hydrogens is 705 g/mol. The van der Waals surface area contributed by atoms with E-state index in [1.165, 1.54) is 31.2 Å². The average Bonchev–Trinajstić information content (AvgIpc) is 3.34. The maximum Gasteiger partial charge on any atom is 0.434 e. The number of esters is 1. The summed E-state index contributed by atoms with van der Waals surface area (Å²) in [6, 6.07) is 23.6. The van der Waals surface area contributed by atoms with Crippen molar-refractivity contribution >= 4 is 61.7 Å². The summed E-state index contributed by atoms with van der Waals surface area (Å²) >= 11 is 10.3. The number of thiazole rings is 1. The number of hydrogen-bond acceptors (Lipinski definition) is 6. The van der Waals surface area contributed by atoms with Gasteiger partial charge in [-0.3, -0.25) is 9.36 Å². The molecule has 0 aliphatic carbocycles. The van der Waals surface area contributed by atoms with E-state index in [9.17, 15) is 22.8 Å². The van der Waals surface area contributed by atoms with Gasteiger partial charge in [-0.05, 0) is 65.2 Å². The van der Waals surface area contributed by atoms with E-state index in [1.54, 1.807) is 24.3 Å². The molecule has 12 heteroatoms. The van der Waals surface area contributed by atoms with Crippen molar-refractivity contribution in [3.05, 3.63) is 142 Å². The Hall–Kier alpha value is -4.19. The first kappa shape index (κ1) is 31.8. The maximum absolute atomic E-state index is 14.4. The van der Waals surface area contributed by atoms with Gasteiger partial charge in [-0.25, -0.2) is 9.79 Å². The van der Waals surface area contributed by atoms with Crippen LogP contribution in [0.3, 0.4) is 0 Å². The molecule has 1 aliphatic heterocycles. The zero-order valence-electron chi connectivity index (χ0n) is 24.0. The van der Waals surface area contributed by atoms with Gasteiger partial charge < -0.3 is 9.47 Å². The fraction of sp³-hybridized carbons (Fsp3) is 0.147. The third-order valence-electron chi connectivity index (χ3n) is 7.30. The van der Waals surface area contributed by atoms with E-state index in [2.05, 4.69) is 20.9 Å². The number of alkyl halides is 3. The van der Waals surface area contributed by atoms with Gasteiger partial charge in [-0.2, -0.15) is 13.2 Å². The third kappa shape index (κ3) is 6.27. The lowest BCUT2D eigenvalue weighted by atomic mass is 9.95. The SMILES string of the molecule is CCOC(=O)C1=C(C(F)(F)F)N=c2s/c(=C\c3cc(Br)ccc3OCc3cccc4ccccc34)c(=O)n2[C@@H]1c1ccc(Cl)cc1. The highest BCUT2D eigenvalue weighted by atomic mass is 79.9. The molecule has 0 spiro atoms. The Morgan fingerprint density at radius 2 is 1.80 bits per heavy atom. The number of aromatic nitrogens is 1. The first-order valence-corrected chi connectivity index (χ1v) is 16.0. The predicted molar refractivity (Wildman–Crippen MR) is 175 cm³/mol. The lowest BCUT2D eigenvalue weighted by molar-refractivity contribution is -0.140. The van der Waals surface area contributed by atoms with Crippen molar-refractivity contribution in [3.63, 3.8) is 0 Å². The van der Waals surface area contributed by atoms with Crippen LogP contribution in [-0.4, -0.2) is 23.3 Å². The molecule has 6 nitrogen and oxygen atoms in total. The standard InChI is InChI=1S/C34H23BrClF3N2O4S/c1-2-44-32(43)28-29(20-10-13-24(36)14-11-20)41-31(42)27(46-33(41)40-30(28)34(37,38)39)17-22-16-23(35)12-15-26(22)45-18-21-8-5-7-19-6-3-4-9-25(19)21/h3-17,29H,2,18H2,1H3/b27-17-/t29-/m1/s1. The zero-order valence-corrected chi connectivity index (χ0v) is 27.1. The summed E-state index contributed by atoms with van der Waals surface area (Å²) in [6.45, 7) is 1.55. The number of halogens is 5. The lowest BCUT2D eigenvalue weighted by Gasteiger charge is -2.26. The van der Waals surface area contributed by atoms with Gasteiger partial charge >= 0.3 is 12.1 Å². The van der Waals surface area contributed by atoms with Gasteiger partial charge in [0.2, 0.25) is 0 Å². The van der Waals surface area contributed by atoms with Crippen LogP contribution < -0.4 is 19.6 Å². The fourth-order valence-electron chi connectivity index (χ4n) is 5.28. The molecule has 234 valence electrons. The molecule has 0 bridgehead atoms. The van der Waals surface area contributed by atoms with Gasteiger partial charge in [0.15, 0.2) is 10.5 Å². The van der Waals surface area contributed by atoms with Crippen molar-refractivity contribution in [2.45, 2.75) is 25.7 Å². The summed E-state index contributed by atoms with van der Waals surface area (Å²) in [5, 5.41) is 2.44. The normalized spacial score (nSPS) is 15.1. The van der Waals surface area contributed by atoms with E-state index < -0.39 is 35.0 Å². The molecule has 0 saturated carbocycles. The van der Waals surface area contributed by atoms with Gasteiger partial charge in [0.1, 0.15) is 12.4 Å². The number of nitrogens with zero attached hydrogens (tertiary/aromatic N) is 2. The Morgan fingerprint density at radius 3 is 2.54 bits per heavy atom. The van der Waals surface area contributed by atoms with Crippen molar-refractivity contribution in [2.24, 2.45) is 4.99 Å². The second-order valence-electron chi connectivity index (χ2n) is 10.2. The molecule has 4 aromatic carbocycles. The Kier molecular flexibility index (Phi) is 8.91. The van der Waals surface area contributed by atoms with Crippen LogP contribution in [0.1, 0.15) is 29.7 Å². The van der Waals surface area contributed by atoms with Crippen molar-refractivity contribution < 1.29 is 27.4 Å². The molecule has 0 amide bonds. The number of carbonyl (C=O) groups is 1. The van der Waals surface area contributed by atoms with Crippen molar-refractivity contribution in [3.8, 4) is 5.75 Å². The fourth-order valence-corrected chi connectivity index (χ4v) is 6.78. The number of allylic oxidation sites excluding steroid dienone is 1. The molecule has 2 heterocycles. The number of ether oxygens (including phenoxy) is 2. The van der Waals surface area contributed by atoms with E-state index >= 15 is 0 Å². The largest absolute Gasteiger partial charge is 0.488 e. The summed E-state index contributed by atoms with van der Waals surface area (Å²) < 4.78 is 56.4. The zero-order chi connectivity index (χ0) is 32.6. The quantitative estimate of drug-likeness (QED) is 0.163. The second-order valence-corrected chi connectivity index (χ2v) is 12.6. The number of carbonyl (C=O) groups excluding carboxylic acids is 1. The Labute approximate surface area is 277 Å². The highest BCUT2D eigenvalue weighted by molar-refractivity contribution is 9.10. The van der Waals surface area contributed by atoms with Gasteiger partial charge in [0, 0.05) is 15.1 Å². The van der Waals surface area contributed by atoms with Crippen molar-refractivity contribution in [2.75, 3.05) is 6.61 Å². The molecule has 6 rings (SSSR count). The highest BCUT2D eigenvalue weighted by Crippen LogP contribution is 2.38. The predicted octanol–water partition coefficient (Wildman–Crippen LogP) is 7.49. The molecular formula is C34H23BrClF3N2O4S. The summed E-state index contributed by atoms with van der Waals surface area (Å²) in [7, 11) is 0. The summed E-state index contributed by atoms with van der Waals surface area (Å²) in [4.78, 5) is 30.7. The van der Waals surface area contributed by atoms with Gasteiger partial charge in [0.25, 0.3) is 5.56 Å². The number of benzene rings is 4. The van der Waals surface area contributed by atoms with Crippen LogP contribution in [0, 0.1) is 0 Å². The highest BCUT2D eigenvalue weighted by Gasteiger charge is 2.45. The number of rotatable bonds is 7. The Balaban J connectivity index is 1.49. The van der Waals surface area contributed by atoms with E-state index in [0.29, 0.717) is 20.8 Å². The van der Waals surface area contributed by atoms with Crippen LogP contribution in [0.25, 0.3) is 16.8 Å². The van der Waals surface area contributed by atoms with Gasteiger partial charge in [-0.15, -0.1) is 0 Å². The molecule has 1 aromatic heterocycles. The number of hydrogen-bond donors (Lipinski definition) is 0. The molecule has 0 unspecified atom stereocenters. The van der Waals surface area contributed by atoms with Crippen molar-refractivity contribution in [1.82, 2.24) is 4.57 Å². The van der Waals surface area contributed by atoms with E-state index in [-0.39, 0.29) is 28.1 Å². The monoisotopic (exact) mass is 726 g/mol. The second kappa shape index (κ2) is 12.9. The summed E-state index contributed by atoms with van der Waals surface area (Å²) in [5.41, 5.74) is -1.12. The number of fused-ring (bicyclic) bond motifs is 2. The van der Waals surface area contributed by atoms with Crippen LogP contribution in [0.2, 0.25) is 5.02 Å². The summed E-state index contributed by atoms with van der Waals surface area (Å²) in [5.74, 6) is -0.761. The molecule has 46 heavy (non-hydrogen) atoms. The Bertz CT molecular complexity index is 2190. The van der Waals surface area contributed by atoms with Crippen LogP contribution >= 0.6 is 38.9 Å². The van der Waals surface area contributed by atoms with Crippen LogP contribution in [-0.2, 0) is 16.1 Å². The first-order valence-electron chi connectivity index (χ1n) is 14.0. The van der Waals surface area contributed by atoms with E-state index in [0.717, 1.165) is 32.2 Å². The van der Waals surface area contributed by atoms with Crippen LogP contribution in [0.4, 0.5) is 13.2 Å². The topological polar surface area (TPSA) is 69.9 Å². The lowest BCUT2D eigenvalue weighted by Crippen LogP contribution is -2.41. The van der Waals surface area contributed by atoms with Crippen molar-refractivity contribution in [1.29, 1.82) is 0 Å². The van der Waals surface area contributed by atoms with Gasteiger partial charge in [-0.1, -0.05) is 93.5 Å². The maximum atomic E-state index is 14.4. The summed E-state index contributed by atoms with van der Waals surface area (Å²) in [6.07, 6.45) is -3.46. The molecule has 5 aromatic rings. The van der Waals surface area contributed by atoms with Gasteiger partial charge in [0.05, 0.1) is 22.8 Å². The van der Waals surface area contributed by atoms with Crippen LogP contribution in [0.5, 0.6) is 5.75 Å². The third-order valence-corrected chi connectivity index (χ3v) is 9.03. The molecule has 1 atom stereocenters. The molecule has 0 radical (unpaired) electrons. The first-order chi connectivity index (χ1) is 22.0. The molecule has 1 aliphatic rings. The molecule has 0 fully saturated rings. The molecule has 0 saturated heterocycles. The van der Waals surface area contributed by atoms with E-state index in [4.69, 9.17) is 21.1 Å². The minimum Gasteiger partial charge on any atom is -0.488 e. The Morgan fingerprint density at radius 1 is 1.07 bits per heavy atom.